The van der Waals surface area contributed by atoms with Crippen molar-refractivity contribution in [3.63, 3.8) is 0 Å². The Hall–Kier alpha value is -2.21. The summed E-state index contributed by atoms with van der Waals surface area (Å²) in [4.78, 5) is 24.3. The minimum atomic E-state index is 0.0722. The maximum absolute atomic E-state index is 12.8. The summed E-state index contributed by atoms with van der Waals surface area (Å²) in [7, 11) is 0. The number of nitrogens with zero attached hydrogens (tertiary/aromatic N) is 4. The Morgan fingerprint density at radius 2 is 1.92 bits per heavy atom. The number of halogens is 1. The third-order valence-electron chi connectivity index (χ3n) is 5.15. The van der Waals surface area contributed by atoms with Crippen LogP contribution in [-0.2, 0) is 6.54 Å². The predicted octanol–water partition coefficient (Wildman–Crippen LogP) is 3.78. The first kappa shape index (κ1) is 17.2. The molecule has 0 amide bonds. The summed E-state index contributed by atoms with van der Waals surface area (Å²) in [6, 6.07) is 11.5. The van der Waals surface area contributed by atoms with Crippen LogP contribution < -0.4 is 10.5 Å². The Kier molecular flexibility index (Phi) is 4.76. The third-order valence-corrected chi connectivity index (χ3v) is 5.77. The van der Waals surface area contributed by atoms with Crippen molar-refractivity contribution < 1.29 is 0 Å². The number of hydrogen-bond acceptors (Lipinski definition) is 4. The van der Waals surface area contributed by atoms with Crippen molar-refractivity contribution in [1.82, 2.24) is 14.5 Å². The van der Waals surface area contributed by atoms with Crippen LogP contribution in [0.25, 0.3) is 10.9 Å². The third kappa shape index (κ3) is 3.26. The Morgan fingerprint density at radius 1 is 1.15 bits per heavy atom. The van der Waals surface area contributed by atoms with E-state index in [1.807, 2.05) is 54.1 Å². The summed E-state index contributed by atoms with van der Waals surface area (Å²) in [6.07, 6.45) is 3.92. The standard InChI is InChI=1S/C20H21BrN4O/c1-14-23-18-7-3-2-5-16(18)20(26)25(14)13-15-8-11-24(12-9-15)19-17(21)6-4-10-22-19/h2-7,10,15H,8-9,11-13H2,1H3. The van der Waals surface area contributed by atoms with Gasteiger partial charge in [0, 0.05) is 25.8 Å². The van der Waals surface area contributed by atoms with Crippen molar-refractivity contribution in [2.24, 2.45) is 5.92 Å². The summed E-state index contributed by atoms with van der Waals surface area (Å²) in [5, 5.41) is 0.702. The molecule has 1 aliphatic heterocycles. The zero-order valence-corrected chi connectivity index (χ0v) is 16.3. The Balaban J connectivity index is 1.51. The first-order chi connectivity index (χ1) is 12.6. The molecule has 0 radical (unpaired) electrons. The average Bonchev–Trinajstić information content (AvgIpc) is 2.66. The molecule has 1 saturated heterocycles. The second kappa shape index (κ2) is 7.19. The van der Waals surface area contributed by atoms with Crippen molar-refractivity contribution in [3.05, 3.63) is 63.2 Å². The molecular weight excluding hydrogens is 392 g/mol. The number of fused-ring (bicyclic) bond motifs is 1. The lowest BCUT2D eigenvalue weighted by atomic mass is 9.96. The topological polar surface area (TPSA) is 51.0 Å². The minimum absolute atomic E-state index is 0.0722. The highest BCUT2D eigenvalue weighted by Crippen LogP contribution is 2.28. The number of aromatic nitrogens is 3. The van der Waals surface area contributed by atoms with E-state index < -0.39 is 0 Å². The van der Waals surface area contributed by atoms with Crippen LogP contribution in [0.4, 0.5) is 5.82 Å². The Labute approximate surface area is 160 Å². The number of benzene rings is 1. The number of pyridine rings is 1. The van der Waals surface area contributed by atoms with E-state index in [1.165, 1.54) is 0 Å². The lowest BCUT2D eigenvalue weighted by Gasteiger charge is -2.33. The van der Waals surface area contributed by atoms with Gasteiger partial charge >= 0.3 is 0 Å². The Bertz CT molecular complexity index is 993. The fraction of sp³-hybridized carbons (Fsp3) is 0.350. The second-order valence-electron chi connectivity index (χ2n) is 6.83. The molecule has 4 rings (SSSR count). The number of para-hydroxylation sites is 1. The van der Waals surface area contributed by atoms with Gasteiger partial charge in [-0.05, 0) is 65.9 Å². The van der Waals surface area contributed by atoms with Gasteiger partial charge < -0.3 is 4.90 Å². The maximum Gasteiger partial charge on any atom is 0.261 e. The van der Waals surface area contributed by atoms with Gasteiger partial charge in [0.05, 0.1) is 15.4 Å². The molecule has 2 aromatic heterocycles. The molecule has 0 N–H and O–H groups in total. The van der Waals surface area contributed by atoms with Gasteiger partial charge in [-0.25, -0.2) is 9.97 Å². The van der Waals surface area contributed by atoms with Gasteiger partial charge in [-0.2, -0.15) is 0 Å². The van der Waals surface area contributed by atoms with Crippen LogP contribution in [0.15, 0.2) is 51.9 Å². The monoisotopic (exact) mass is 412 g/mol. The van der Waals surface area contributed by atoms with Gasteiger partial charge in [-0.1, -0.05) is 12.1 Å². The molecule has 134 valence electrons. The fourth-order valence-electron chi connectivity index (χ4n) is 3.69. The first-order valence-corrected chi connectivity index (χ1v) is 9.74. The minimum Gasteiger partial charge on any atom is -0.356 e. The van der Waals surface area contributed by atoms with Crippen LogP contribution in [0.1, 0.15) is 18.7 Å². The average molecular weight is 413 g/mol. The summed E-state index contributed by atoms with van der Waals surface area (Å²) >= 11 is 3.58. The van der Waals surface area contributed by atoms with Gasteiger partial charge in [0.1, 0.15) is 11.6 Å². The van der Waals surface area contributed by atoms with E-state index in [0.717, 1.165) is 54.1 Å². The molecule has 0 atom stereocenters. The van der Waals surface area contributed by atoms with E-state index in [-0.39, 0.29) is 5.56 Å². The maximum atomic E-state index is 12.8. The van der Waals surface area contributed by atoms with Crippen molar-refractivity contribution in [2.75, 3.05) is 18.0 Å². The van der Waals surface area contributed by atoms with Crippen LogP contribution in [0.3, 0.4) is 0 Å². The second-order valence-corrected chi connectivity index (χ2v) is 7.69. The first-order valence-electron chi connectivity index (χ1n) is 8.95. The number of rotatable bonds is 3. The van der Waals surface area contributed by atoms with Crippen molar-refractivity contribution in [1.29, 1.82) is 0 Å². The van der Waals surface area contributed by atoms with Gasteiger partial charge in [0.15, 0.2) is 0 Å². The molecule has 0 aliphatic carbocycles. The number of piperidine rings is 1. The molecule has 1 aliphatic rings. The highest BCUT2D eigenvalue weighted by atomic mass is 79.9. The largest absolute Gasteiger partial charge is 0.356 e. The molecular formula is C20H21BrN4O. The van der Waals surface area contributed by atoms with E-state index in [2.05, 4.69) is 30.8 Å². The molecule has 6 heteroatoms. The van der Waals surface area contributed by atoms with E-state index >= 15 is 0 Å². The smallest absolute Gasteiger partial charge is 0.261 e. The summed E-state index contributed by atoms with van der Waals surface area (Å²) in [5.74, 6) is 2.28. The molecule has 1 aromatic carbocycles. The normalized spacial score (nSPS) is 15.5. The molecule has 3 heterocycles. The van der Waals surface area contributed by atoms with Crippen LogP contribution in [0, 0.1) is 12.8 Å². The number of aryl methyl sites for hydroxylation is 1. The van der Waals surface area contributed by atoms with Crippen LogP contribution >= 0.6 is 15.9 Å². The van der Waals surface area contributed by atoms with Crippen LogP contribution in [0.5, 0.6) is 0 Å². The zero-order chi connectivity index (χ0) is 18.1. The van der Waals surface area contributed by atoms with Crippen LogP contribution in [-0.4, -0.2) is 27.6 Å². The summed E-state index contributed by atoms with van der Waals surface area (Å²) in [6.45, 7) is 4.57. The molecule has 0 saturated carbocycles. The molecule has 3 aromatic rings. The molecule has 26 heavy (non-hydrogen) atoms. The van der Waals surface area contributed by atoms with Crippen LogP contribution in [0.2, 0.25) is 0 Å². The molecule has 0 bridgehead atoms. The molecule has 5 nitrogen and oxygen atoms in total. The quantitative estimate of drug-likeness (QED) is 0.656. The zero-order valence-electron chi connectivity index (χ0n) is 14.7. The molecule has 1 fully saturated rings. The summed E-state index contributed by atoms with van der Waals surface area (Å²) < 4.78 is 2.88. The SMILES string of the molecule is Cc1nc2ccccc2c(=O)n1CC1CCN(c2ncccc2Br)CC1. The lowest BCUT2D eigenvalue weighted by molar-refractivity contribution is 0.348. The van der Waals surface area contributed by atoms with E-state index in [4.69, 9.17) is 0 Å². The van der Waals surface area contributed by atoms with E-state index in [1.54, 1.807) is 0 Å². The van der Waals surface area contributed by atoms with Gasteiger partial charge in [-0.15, -0.1) is 0 Å². The van der Waals surface area contributed by atoms with Gasteiger partial charge in [0.25, 0.3) is 5.56 Å². The Morgan fingerprint density at radius 3 is 2.69 bits per heavy atom. The lowest BCUT2D eigenvalue weighted by Crippen LogP contribution is -2.37. The fourth-order valence-corrected chi connectivity index (χ4v) is 4.20. The van der Waals surface area contributed by atoms with Gasteiger partial charge in [-0.3, -0.25) is 9.36 Å². The van der Waals surface area contributed by atoms with Gasteiger partial charge in [0.2, 0.25) is 0 Å². The highest BCUT2D eigenvalue weighted by molar-refractivity contribution is 9.10. The van der Waals surface area contributed by atoms with E-state index in [0.29, 0.717) is 11.3 Å². The predicted molar refractivity (Wildman–Crippen MR) is 108 cm³/mol. The van der Waals surface area contributed by atoms with E-state index in [9.17, 15) is 4.79 Å². The number of hydrogen-bond donors (Lipinski definition) is 0. The van der Waals surface area contributed by atoms with Crippen molar-refractivity contribution >= 4 is 32.7 Å². The van der Waals surface area contributed by atoms with Crippen molar-refractivity contribution in [2.45, 2.75) is 26.3 Å². The summed E-state index contributed by atoms with van der Waals surface area (Å²) in [5.41, 5.74) is 0.851. The molecule has 0 spiro atoms. The van der Waals surface area contributed by atoms with Crippen molar-refractivity contribution in [3.8, 4) is 0 Å². The molecule has 0 unspecified atom stereocenters. The number of anilines is 1. The highest BCUT2D eigenvalue weighted by Gasteiger charge is 2.23.